The Morgan fingerprint density at radius 1 is 1.19 bits per heavy atom. The van der Waals surface area contributed by atoms with E-state index in [1.165, 1.54) is 10.6 Å². The van der Waals surface area contributed by atoms with Gasteiger partial charge in [-0.1, -0.05) is 18.2 Å². The van der Waals surface area contributed by atoms with E-state index in [1.807, 2.05) is 13.0 Å². The Kier molecular flexibility index (Phi) is 6.35. The Balaban J connectivity index is 2.18. The lowest BCUT2D eigenvalue weighted by Gasteiger charge is -2.10. The minimum absolute atomic E-state index is 0.0687. The number of nitrogens with zero attached hydrogens (tertiary/aromatic N) is 2. The molecule has 9 heteroatoms. The van der Waals surface area contributed by atoms with Gasteiger partial charge < -0.3 is 10.2 Å². The molecule has 3 aromatic rings. The number of aryl methyl sites for hydroxylation is 1. The first-order valence-electron chi connectivity index (χ1n) is 9.59. The monoisotopic (exact) mass is 433 g/mol. The number of fused-ring (bicyclic) bond motifs is 1. The summed E-state index contributed by atoms with van der Waals surface area (Å²) in [5.74, 6) is -0.708. The maximum atomic E-state index is 13.3. The largest absolute Gasteiger partial charge is 0.494 e. The number of aliphatic hydroxyl groups is 1. The summed E-state index contributed by atoms with van der Waals surface area (Å²) in [6, 6.07) is 10.2. The second kappa shape index (κ2) is 8.81. The van der Waals surface area contributed by atoms with Gasteiger partial charge in [-0.25, -0.2) is 5.43 Å². The van der Waals surface area contributed by atoms with Crippen LogP contribution in [0.1, 0.15) is 36.5 Å². The molecule has 6 nitrogen and oxygen atoms in total. The van der Waals surface area contributed by atoms with Gasteiger partial charge >= 0.3 is 6.18 Å². The van der Waals surface area contributed by atoms with Crippen molar-refractivity contribution in [2.24, 2.45) is 5.10 Å². The Morgan fingerprint density at radius 2 is 1.94 bits per heavy atom. The van der Waals surface area contributed by atoms with Gasteiger partial charge in [-0.15, -0.1) is 0 Å². The fourth-order valence-corrected chi connectivity index (χ4v) is 3.33. The number of carbonyl (C=O) groups is 1. The van der Waals surface area contributed by atoms with Crippen molar-refractivity contribution in [3.8, 4) is 11.6 Å². The molecular weight excluding hydrogens is 411 g/mol. The smallest absolute Gasteiger partial charge is 0.416 e. The number of nitrogens with one attached hydrogen (secondary N) is 1. The summed E-state index contributed by atoms with van der Waals surface area (Å²) >= 11 is 0. The van der Waals surface area contributed by atoms with Gasteiger partial charge in [0.05, 0.1) is 22.4 Å². The van der Waals surface area contributed by atoms with E-state index in [0.29, 0.717) is 11.1 Å². The summed E-state index contributed by atoms with van der Waals surface area (Å²) in [4.78, 5) is 11.8. The van der Waals surface area contributed by atoms with Gasteiger partial charge in [0, 0.05) is 24.1 Å². The van der Waals surface area contributed by atoms with Crippen LogP contribution in [-0.4, -0.2) is 33.0 Å². The van der Waals surface area contributed by atoms with E-state index in [9.17, 15) is 23.1 Å². The molecule has 1 aromatic heterocycles. The van der Waals surface area contributed by atoms with Gasteiger partial charge in [0.1, 0.15) is 0 Å². The van der Waals surface area contributed by atoms with E-state index >= 15 is 0 Å². The highest BCUT2D eigenvalue weighted by Crippen LogP contribution is 2.38. The van der Waals surface area contributed by atoms with E-state index in [1.54, 1.807) is 25.1 Å². The summed E-state index contributed by atoms with van der Waals surface area (Å²) in [6.45, 7) is 3.24. The average Bonchev–Trinajstić information content (AvgIpc) is 3.00. The van der Waals surface area contributed by atoms with E-state index in [4.69, 9.17) is 5.11 Å². The lowest BCUT2D eigenvalue weighted by atomic mass is 10.1. The van der Waals surface area contributed by atoms with Crippen molar-refractivity contribution in [2.45, 2.75) is 32.9 Å². The number of carbonyl (C=O) groups excluding carboxylic acids is 1. The Labute approximate surface area is 176 Å². The number of alkyl halides is 3. The summed E-state index contributed by atoms with van der Waals surface area (Å²) in [5, 5.41) is 24.1. The van der Waals surface area contributed by atoms with Gasteiger partial charge in [-0.05, 0) is 50.1 Å². The molecule has 0 unspecified atom stereocenters. The normalized spacial score (nSPS) is 12.4. The van der Waals surface area contributed by atoms with Crippen molar-refractivity contribution in [2.75, 3.05) is 6.61 Å². The molecule has 0 bridgehead atoms. The predicted octanol–water partition coefficient (Wildman–Crippen LogP) is 4.28. The highest BCUT2D eigenvalue weighted by atomic mass is 19.4. The number of hydrazone groups is 1. The number of hydrogen-bond acceptors (Lipinski definition) is 4. The Bertz CT molecular complexity index is 1150. The number of amides is 1. The molecule has 3 rings (SSSR count). The molecule has 31 heavy (non-hydrogen) atoms. The fourth-order valence-electron chi connectivity index (χ4n) is 3.33. The standard InChI is InChI=1S/C22H22F3N3O3/c1-13-5-3-6-16(11-13)28-18-12-15(22(23,24)25)8-9-17(18)20(21(28)31)14(2)26-27-19(30)7-4-10-29/h3,5-6,8-9,11-12,29,31H,4,7,10H2,1-2H3,(H,27,30)/b26-14+. The average molecular weight is 433 g/mol. The zero-order valence-electron chi connectivity index (χ0n) is 17.0. The zero-order valence-corrected chi connectivity index (χ0v) is 17.0. The van der Waals surface area contributed by atoms with Crippen molar-refractivity contribution in [1.29, 1.82) is 0 Å². The molecule has 2 aromatic carbocycles. The molecule has 0 fully saturated rings. The Hall–Kier alpha value is -3.33. The lowest BCUT2D eigenvalue weighted by Crippen LogP contribution is -2.19. The van der Waals surface area contributed by atoms with E-state index < -0.39 is 17.6 Å². The van der Waals surface area contributed by atoms with Gasteiger partial charge in [-0.3, -0.25) is 9.36 Å². The molecule has 3 N–H and O–H groups in total. The van der Waals surface area contributed by atoms with Crippen LogP contribution in [0.4, 0.5) is 13.2 Å². The van der Waals surface area contributed by atoms with E-state index in [2.05, 4.69) is 10.5 Å². The first-order valence-corrected chi connectivity index (χ1v) is 9.59. The van der Waals surface area contributed by atoms with Crippen molar-refractivity contribution in [3.63, 3.8) is 0 Å². The van der Waals surface area contributed by atoms with Gasteiger partial charge in [-0.2, -0.15) is 18.3 Å². The first kappa shape index (κ1) is 22.4. The minimum Gasteiger partial charge on any atom is -0.494 e. The summed E-state index contributed by atoms with van der Waals surface area (Å²) in [6.07, 6.45) is -4.20. The molecule has 0 spiro atoms. The van der Waals surface area contributed by atoms with Crippen molar-refractivity contribution in [3.05, 3.63) is 59.2 Å². The zero-order chi connectivity index (χ0) is 22.8. The molecule has 0 aliphatic rings. The summed E-state index contributed by atoms with van der Waals surface area (Å²) in [5.41, 5.74) is 3.46. The first-order chi connectivity index (χ1) is 14.6. The number of aliphatic hydroxyl groups excluding tert-OH is 1. The van der Waals surface area contributed by atoms with Crippen molar-refractivity contribution < 1.29 is 28.2 Å². The number of rotatable bonds is 6. The second-order valence-corrected chi connectivity index (χ2v) is 7.16. The number of hydrogen-bond donors (Lipinski definition) is 3. The van der Waals surface area contributed by atoms with Crippen LogP contribution in [-0.2, 0) is 11.0 Å². The van der Waals surface area contributed by atoms with Gasteiger partial charge in [0.15, 0.2) is 0 Å². The molecule has 164 valence electrons. The predicted molar refractivity (Wildman–Crippen MR) is 111 cm³/mol. The molecule has 0 aliphatic carbocycles. The fraction of sp³-hybridized carbons (Fsp3) is 0.273. The van der Waals surface area contributed by atoms with Crippen LogP contribution < -0.4 is 5.43 Å². The second-order valence-electron chi connectivity index (χ2n) is 7.16. The molecule has 0 radical (unpaired) electrons. The molecule has 0 saturated carbocycles. The molecule has 0 aliphatic heterocycles. The molecular formula is C22H22F3N3O3. The molecule has 0 atom stereocenters. The van der Waals surface area contributed by atoms with Crippen LogP contribution in [0.2, 0.25) is 0 Å². The lowest BCUT2D eigenvalue weighted by molar-refractivity contribution is -0.137. The van der Waals surface area contributed by atoms with Crippen molar-refractivity contribution in [1.82, 2.24) is 9.99 Å². The minimum atomic E-state index is -4.55. The topological polar surface area (TPSA) is 86.8 Å². The number of aromatic hydroxyl groups is 1. The van der Waals surface area contributed by atoms with Crippen molar-refractivity contribution >= 4 is 22.5 Å². The SMILES string of the molecule is C/C(=N\NC(=O)CCCO)c1c(O)n(-c2cccc(C)c2)c2cc(C(F)(F)F)ccc12. The number of benzene rings is 2. The van der Waals surface area contributed by atoms with Crippen LogP contribution in [0.3, 0.4) is 0 Å². The molecule has 0 saturated heterocycles. The number of halogens is 3. The highest BCUT2D eigenvalue weighted by Gasteiger charge is 2.32. The maximum absolute atomic E-state index is 13.3. The van der Waals surface area contributed by atoms with E-state index in [0.717, 1.165) is 17.7 Å². The highest BCUT2D eigenvalue weighted by molar-refractivity contribution is 6.13. The third-order valence-electron chi connectivity index (χ3n) is 4.80. The molecule has 1 amide bonds. The third kappa shape index (κ3) is 4.72. The van der Waals surface area contributed by atoms with Crippen LogP contribution in [0, 0.1) is 6.92 Å². The van der Waals surface area contributed by atoms with Crippen LogP contribution >= 0.6 is 0 Å². The van der Waals surface area contributed by atoms with E-state index in [-0.39, 0.29) is 42.1 Å². The third-order valence-corrected chi connectivity index (χ3v) is 4.80. The Morgan fingerprint density at radius 3 is 2.58 bits per heavy atom. The van der Waals surface area contributed by atoms with Gasteiger partial charge in [0.25, 0.3) is 0 Å². The van der Waals surface area contributed by atoms with Crippen LogP contribution in [0.5, 0.6) is 5.88 Å². The quantitative estimate of drug-likeness (QED) is 0.401. The maximum Gasteiger partial charge on any atom is 0.416 e. The van der Waals surface area contributed by atoms with Crippen LogP contribution in [0.25, 0.3) is 16.6 Å². The number of aromatic nitrogens is 1. The molecule has 1 heterocycles. The summed E-state index contributed by atoms with van der Waals surface area (Å²) in [7, 11) is 0. The van der Waals surface area contributed by atoms with Crippen LogP contribution in [0.15, 0.2) is 47.6 Å². The van der Waals surface area contributed by atoms with Gasteiger partial charge in [0.2, 0.25) is 11.8 Å². The summed E-state index contributed by atoms with van der Waals surface area (Å²) < 4.78 is 41.3.